The van der Waals surface area contributed by atoms with Gasteiger partial charge in [-0.25, -0.2) is 0 Å². The van der Waals surface area contributed by atoms with E-state index in [0.717, 1.165) is 23.6 Å². The van der Waals surface area contributed by atoms with Gasteiger partial charge < -0.3 is 14.8 Å². The van der Waals surface area contributed by atoms with Gasteiger partial charge in [-0.15, -0.1) is 0 Å². The number of carbonyl (C=O) groups is 1. The molecule has 0 bridgehead atoms. The van der Waals surface area contributed by atoms with Gasteiger partial charge in [-0.05, 0) is 54.1 Å². The Hall–Kier alpha value is -2.24. The largest absolute Gasteiger partial charge is 0.486 e. The third-order valence-corrected chi connectivity index (χ3v) is 5.96. The van der Waals surface area contributed by atoms with E-state index in [1.807, 2.05) is 6.07 Å². The van der Waals surface area contributed by atoms with Crippen molar-refractivity contribution < 1.29 is 14.3 Å². The van der Waals surface area contributed by atoms with Crippen LogP contribution in [0.3, 0.4) is 0 Å². The number of halogens is 1. The fourth-order valence-corrected chi connectivity index (χ4v) is 4.45. The van der Waals surface area contributed by atoms with Crippen molar-refractivity contribution in [2.45, 2.75) is 39.3 Å². The number of likely N-dealkylation sites (tertiary alicyclic amines) is 1. The Morgan fingerprint density at radius 1 is 1.13 bits per heavy atom. The Balaban J connectivity index is 1.27. The lowest BCUT2D eigenvalue weighted by Crippen LogP contribution is -2.33. The maximum atomic E-state index is 12.4. The van der Waals surface area contributed by atoms with Crippen LogP contribution in [0.2, 0.25) is 5.02 Å². The van der Waals surface area contributed by atoms with Crippen LogP contribution in [-0.4, -0.2) is 37.1 Å². The van der Waals surface area contributed by atoms with E-state index in [-0.39, 0.29) is 12.3 Å². The first-order chi connectivity index (χ1) is 14.6. The Morgan fingerprint density at radius 3 is 2.70 bits per heavy atom. The summed E-state index contributed by atoms with van der Waals surface area (Å²) in [7, 11) is 0. The van der Waals surface area contributed by atoms with Crippen molar-refractivity contribution in [3.8, 4) is 11.5 Å². The molecule has 2 aromatic rings. The number of rotatable bonds is 6. The molecule has 1 atom stereocenters. The molecule has 1 fully saturated rings. The van der Waals surface area contributed by atoms with Crippen molar-refractivity contribution in [3.63, 3.8) is 0 Å². The molecule has 2 aliphatic rings. The predicted octanol–water partition coefficient (Wildman–Crippen LogP) is 4.20. The molecular formula is C24H29ClN2O3. The number of nitrogens with zero attached hydrogens (tertiary/aromatic N) is 1. The van der Waals surface area contributed by atoms with Gasteiger partial charge in [0.15, 0.2) is 11.5 Å². The highest BCUT2D eigenvalue weighted by Gasteiger charge is 2.18. The number of hydrogen-bond acceptors (Lipinski definition) is 4. The van der Waals surface area contributed by atoms with E-state index in [9.17, 15) is 4.79 Å². The maximum Gasteiger partial charge on any atom is 0.224 e. The summed E-state index contributed by atoms with van der Waals surface area (Å²) in [6.07, 6.45) is 2.88. The third kappa shape index (κ3) is 5.46. The molecule has 1 N–H and O–H groups in total. The summed E-state index contributed by atoms with van der Waals surface area (Å²) in [4.78, 5) is 14.9. The summed E-state index contributed by atoms with van der Waals surface area (Å²) >= 11 is 6.26. The van der Waals surface area contributed by atoms with Crippen LogP contribution < -0.4 is 14.8 Å². The summed E-state index contributed by atoms with van der Waals surface area (Å²) in [5.74, 6) is 1.91. The molecule has 0 aliphatic carbocycles. The molecule has 1 unspecified atom stereocenters. The fraction of sp³-hybridized carbons (Fsp3) is 0.458. The van der Waals surface area contributed by atoms with Crippen LogP contribution in [0, 0.1) is 5.92 Å². The van der Waals surface area contributed by atoms with Crippen LogP contribution in [0.25, 0.3) is 0 Å². The van der Waals surface area contributed by atoms with Crippen molar-refractivity contribution in [3.05, 3.63) is 58.1 Å². The zero-order valence-electron chi connectivity index (χ0n) is 17.5. The van der Waals surface area contributed by atoms with Crippen molar-refractivity contribution in [2.75, 3.05) is 26.3 Å². The van der Waals surface area contributed by atoms with Crippen LogP contribution in [0.1, 0.15) is 36.5 Å². The van der Waals surface area contributed by atoms with Gasteiger partial charge in [0, 0.05) is 19.6 Å². The summed E-state index contributed by atoms with van der Waals surface area (Å²) in [5, 5.41) is 3.47. The monoisotopic (exact) mass is 428 g/mol. The topological polar surface area (TPSA) is 50.8 Å². The number of hydrogen-bond donors (Lipinski definition) is 1. The SMILES string of the molecule is CC1CCCN(Cc2ccc(CNC(=O)Cc3cc(Cl)c4c(c3)OCCO4)cc2)C1. The smallest absolute Gasteiger partial charge is 0.224 e. The van der Waals surface area contributed by atoms with Crippen molar-refractivity contribution >= 4 is 17.5 Å². The quantitative estimate of drug-likeness (QED) is 0.749. The van der Waals surface area contributed by atoms with Crippen LogP contribution in [0.4, 0.5) is 0 Å². The Bertz CT molecular complexity index is 885. The van der Waals surface area contributed by atoms with Crippen LogP contribution in [0.15, 0.2) is 36.4 Å². The van der Waals surface area contributed by atoms with Crippen LogP contribution in [0.5, 0.6) is 11.5 Å². The van der Waals surface area contributed by atoms with E-state index in [1.165, 1.54) is 31.5 Å². The number of nitrogens with one attached hydrogen (secondary N) is 1. The van der Waals surface area contributed by atoms with E-state index in [0.29, 0.717) is 36.3 Å². The molecule has 1 amide bonds. The minimum Gasteiger partial charge on any atom is -0.486 e. The van der Waals surface area contributed by atoms with E-state index in [2.05, 4.69) is 41.4 Å². The number of benzene rings is 2. The second-order valence-corrected chi connectivity index (χ2v) is 8.76. The number of carbonyl (C=O) groups excluding carboxylic acids is 1. The van der Waals surface area contributed by atoms with Gasteiger partial charge in [0.05, 0.1) is 11.4 Å². The van der Waals surface area contributed by atoms with Crippen LogP contribution in [-0.2, 0) is 24.3 Å². The lowest BCUT2D eigenvalue weighted by Gasteiger charge is -2.30. The number of piperidine rings is 1. The Labute approximate surface area is 183 Å². The van der Waals surface area contributed by atoms with Crippen molar-refractivity contribution in [1.82, 2.24) is 10.2 Å². The molecule has 0 saturated carbocycles. The molecular weight excluding hydrogens is 400 g/mol. The highest BCUT2D eigenvalue weighted by Crippen LogP contribution is 2.38. The Morgan fingerprint density at radius 2 is 1.90 bits per heavy atom. The first-order valence-corrected chi connectivity index (χ1v) is 11.1. The third-order valence-electron chi connectivity index (χ3n) is 5.68. The minimum atomic E-state index is -0.0471. The lowest BCUT2D eigenvalue weighted by molar-refractivity contribution is -0.120. The molecule has 0 spiro atoms. The maximum absolute atomic E-state index is 12.4. The zero-order valence-corrected chi connectivity index (χ0v) is 18.2. The molecule has 30 heavy (non-hydrogen) atoms. The van der Waals surface area contributed by atoms with Gasteiger partial charge in [0.1, 0.15) is 13.2 Å². The standard InChI is InChI=1S/C24H29ClN2O3/c1-17-3-2-8-27(15-17)16-19-6-4-18(5-7-19)14-26-23(28)13-20-11-21(25)24-22(12-20)29-9-10-30-24/h4-7,11-12,17H,2-3,8-10,13-16H2,1H3,(H,26,28). The van der Waals surface area contributed by atoms with Crippen LogP contribution >= 0.6 is 11.6 Å². The molecule has 6 heteroatoms. The Kier molecular flexibility index (Phi) is 6.80. The molecule has 4 rings (SSSR count). The highest BCUT2D eigenvalue weighted by atomic mass is 35.5. The van der Waals surface area contributed by atoms with Crippen molar-refractivity contribution in [1.29, 1.82) is 0 Å². The average Bonchev–Trinajstić information content (AvgIpc) is 2.73. The summed E-state index contributed by atoms with van der Waals surface area (Å²) in [5.41, 5.74) is 3.23. The van der Waals surface area contributed by atoms with E-state index in [1.54, 1.807) is 6.07 Å². The molecule has 5 nitrogen and oxygen atoms in total. The van der Waals surface area contributed by atoms with E-state index < -0.39 is 0 Å². The van der Waals surface area contributed by atoms with Crippen molar-refractivity contribution in [2.24, 2.45) is 5.92 Å². The summed E-state index contributed by atoms with van der Waals surface area (Å²) < 4.78 is 11.1. The van der Waals surface area contributed by atoms with Gasteiger partial charge in [0.2, 0.25) is 5.91 Å². The van der Waals surface area contributed by atoms with Gasteiger partial charge in [-0.3, -0.25) is 9.69 Å². The molecule has 2 aromatic carbocycles. The highest BCUT2D eigenvalue weighted by molar-refractivity contribution is 6.32. The number of amides is 1. The first-order valence-electron chi connectivity index (χ1n) is 10.7. The summed E-state index contributed by atoms with van der Waals surface area (Å²) in [6.45, 7) is 7.19. The van der Waals surface area contributed by atoms with Gasteiger partial charge in [-0.2, -0.15) is 0 Å². The molecule has 2 aliphatic heterocycles. The van der Waals surface area contributed by atoms with E-state index >= 15 is 0 Å². The predicted molar refractivity (Wildman–Crippen MR) is 118 cm³/mol. The second kappa shape index (κ2) is 9.71. The van der Waals surface area contributed by atoms with E-state index in [4.69, 9.17) is 21.1 Å². The number of fused-ring (bicyclic) bond motifs is 1. The average molecular weight is 429 g/mol. The fourth-order valence-electron chi connectivity index (χ4n) is 4.17. The first kappa shape index (κ1) is 21.0. The lowest BCUT2D eigenvalue weighted by atomic mass is 9.99. The molecule has 2 heterocycles. The van der Waals surface area contributed by atoms with Gasteiger partial charge >= 0.3 is 0 Å². The molecule has 0 radical (unpaired) electrons. The minimum absolute atomic E-state index is 0.0471. The number of ether oxygens (including phenoxy) is 2. The zero-order chi connectivity index (χ0) is 20.9. The van der Waals surface area contributed by atoms with Gasteiger partial charge in [-0.1, -0.05) is 42.8 Å². The van der Waals surface area contributed by atoms with Gasteiger partial charge in [0.25, 0.3) is 0 Å². The normalized spacial score (nSPS) is 18.8. The molecule has 160 valence electrons. The second-order valence-electron chi connectivity index (χ2n) is 8.35. The summed E-state index contributed by atoms with van der Waals surface area (Å²) in [6, 6.07) is 12.1. The molecule has 0 aromatic heterocycles. The molecule has 1 saturated heterocycles.